The molecule has 9 heteroatoms. The van der Waals surface area contributed by atoms with Crippen LogP contribution < -0.4 is 5.56 Å². The second-order valence-electron chi connectivity index (χ2n) is 7.97. The number of rotatable bonds is 5. The maximum absolute atomic E-state index is 13.4. The summed E-state index contributed by atoms with van der Waals surface area (Å²) in [6.45, 7) is 0. The molecular formula is C27H16N4O5. The molecular weight excluding hydrogens is 460 g/mol. The Morgan fingerprint density at radius 1 is 0.889 bits per heavy atom. The van der Waals surface area contributed by atoms with Crippen LogP contribution >= 0.6 is 0 Å². The highest BCUT2D eigenvalue weighted by atomic mass is 16.6. The third-order valence-electron chi connectivity index (χ3n) is 5.69. The van der Waals surface area contributed by atoms with Gasteiger partial charge in [0.2, 0.25) is 5.82 Å². The van der Waals surface area contributed by atoms with Gasteiger partial charge in [0.25, 0.3) is 11.2 Å². The summed E-state index contributed by atoms with van der Waals surface area (Å²) in [5, 5.41) is 16.6. The zero-order chi connectivity index (χ0) is 24.6. The van der Waals surface area contributed by atoms with Crippen LogP contribution in [0.1, 0.15) is 5.76 Å². The number of nitro benzene ring substituents is 1. The molecule has 0 spiro atoms. The predicted molar refractivity (Wildman–Crippen MR) is 135 cm³/mol. The molecule has 0 N–H and O–H groups in total. The van der Waals surface area contributed by atoms with E-state index >= 15 is 0 Å². The first-order chi connectivity index (χ1) is 17.6. The molecule has 0 unspecified atom stereocenters. The summed E-state index contributed by atoms with van der Waals surface area (Å²) in [5.74, 6) is 1.56. The van der Waals surface area contributed by atoms with Crippen molar-refractivity contribution in [2.75, 3.05) is 0 Å². The average molecular weight is 476 g/mol. The number of fused-ring (bicyclic) bond motifs is 2. The van der Waals surface area contributed by atoms with E-state index in [9.17, 15) is 14.9 Å². The Bertz CT molecular complexity index is 1810. The molecule has 0 amide bonds. The van der Waals surface area contributed by atoms with Gasteiger partial charge >= 0.3 is 0 Å². The zero-order valence-corrected chi connectivity index (χ0v) is 18.6. The van der Waals surface area contributed by atoms with Crippen LogP contribution in [0.4, 0.5) is 5.69 Å². The third-order valence-corrected chi connectivity index (χ3v) is 5.69. The Kier molecular flexibility index (Phi) is 5.00. The number of benzene rings is 3. The molecule has 0 aliphatic rings. The molecule has 0 aliphatic carbocycles. The molecule has 0 aliphatic heterocycles. The molecule has 0 bridgehead atoms. The number of furan rings is 2. The highest BCUT2D eigenvalue weighted by Gasteiger charge is 2.16. The fraction of sp³-hybridized carbons (Fsp3) is 0. The normalized spacial score (nSPS) is 11.6. The fourth-order valence-electron chi connectivity index (χ4n) is 3.92. The fourth-order valence-corrected chi connectivity index (χ4v) is 3.92. The number of para-hydroxylation sites is 2. The number of non-ortho nitro benzene ring substituents is 1. The molecule has 6 aromatic rings. The summed E-state index contributed by atoms with van der Waals surface area (Å²) in [6.07, 6.45) is 1.42. The SMILES string of the molecule is O=c1c2ccccc2nc(-c2cc3ccccc3o2)n1N=Cc1ccc(-c2ccc([N+](=O)[O-])cc2)o1. The molecule has 0 saturated heterocycles. The van der Waals surface area contributed by atoms with Crippen molar-refractivity contribution in [2.45, 2.75) is 0 Å². The van der Waals surface area contributed by atoms with Gasteiger partial charge in [0, 0.05) is 23.1 Å². The van der Waals surface area contributed by atoms with Crippen molar-refractivity contribution in [1.29, 1.82) is 0 Å². The second kappa shape index (κ2) is 8.48. The largest absolute Gasteiger partial charge is 0.455 e. The van der Waals surface area contributed by atoms with Gasteiger partial charge in [-0.25, -0.2) is 4.98 Å². The van der Waals surface area contributed by atoms with E-state index in [0.717, 1.165) is 5.39 Å². The minimum absolute atomic E-state index is 0.00612. The lowest BCUT2D eigenvalue weighted by Gasteiger charge is -2.06. The minimum Gasteiger partial charge on any atom is -0.455 e. The van der Waals surface area contributed by atoms with Crippen LogP contribution in [0.2, 0.25) is 0 Å². The van der Waals surface area contributed by atoms with Crippen LogP contribution in [-0.4, -0.2) is 20.8 Å². The first-order valence-electron chi connectivity index (χ1n) is 11.0. The van der Waals surface area contributed by atoms with Crippen LogP contribution in [-0.2, 0) is 0 Å². The van der Waals surface area contributed by atoms with Gasteiger partial charge in [0.05, 0.1) is 22.0 Å². The van der Waals surface area contributed by atoms with Gasteiger partial charge in [-0.1, -0.05) is 30.3 Å². The first-order valence-corrected chi connectivity index (χ1v) is 11.0. The average Bonchev–Trinajstić information content (AvgIpc) is 3.55. The van der Waals surface area contributed by atoms with E-state index in [-0.39, 0.29) is 17.1 Å². The summed E-state index contributed by atoms with van der Waals surface area (Å²) in [5.41, 5.74) is 1.52. The summed E-state index contributed by atoms with van der Waals surface area (Å²) in [4.78, 5) is 28.4. The highest BCUT2D eigenvalue weighted by molar-refractivity contribution is 5.84. The van der Waals surface area contributed by atoms with E-state index in [1.54, 1.807) is 42.5 Å². The van der Waals surface area contributed by atoms with E-state index in [1.165, 1.54) is 23.0 Å². The summed E-state index contributed by atoms with van der Waals surface area (Å²) in [7, 11) is 0. The van der Waals surface area contributed by atoms with Crippen molar-refractivity contribution in [3.63, 3.8) is 0 Å². The standard InChI is InChI=1S/C27H16N4O5/c32-27-21-6-2-3-7-22(21)29-26(25-15-18-5-1-4-8-23(18)36-25)30(27)28-16-20-13-14-24(35-20)17-9-11-19(12-10-17)31(33)34/h1-16H. The molecule has 0 fully saturated rings. The predicted octanol–water partition coefficient (Wildman–Crippen LogP) is 5.86. The third kappa shape index (κ3) is 3.74. The lowest BCUT2D eigenvalue weighted by molar-refractivity contribution is -0.384. The van der Waals surface area contributed by atoms with Gasteiger partial charge in [0.15, 0.2) is 5.76 Å². The molecule has 174 valence electrons. The molecule has 36 heavy (non-hydrogen) atoms. The smallest absolute Gasteiger partial charge is 0.282 e. The van der Waals surface area contributed by atoms with E-state index in [2.05, 4.69) is 10.1 Å². The Labute approximate surface area is 202 Å². The van der Waals surface area contributed by atoms with Gasteiger partial charge in [0.1, 0.15) is 17.1 Å². The summed E-state index contributed by atoms with van der Waals surface area (Å²) in [6, 6.07) is 25.8. The number of nitro groups is 1. The second-order valence-corrected chi connectivity index (χ2v) is 7.97. The van der Waals surface area contributed by atoms with Gasteiger partial charge in [-0.3, -0.25) is 14.9 Å². The van der Waals surface area contributed by atoms with E-state index in [4.69, 9.17) is 8.83 Å². The lowest BCUT2D eigenvalue weighted by atomic mass is 10.1. The molecule has 0 saturated carbocycles. The van der Waals surface area contributed by atoms with Gasteiger partial charge in [-0.2, -0.15) is 9.78 Å². The van der Waals surface area contributed by atoms with Crippen molar-refractivity contribution < 1.29 is 13.8 Å². The summed E-state index contributed by atoms with van der Waals surface area (Å²) >= 11 is 0. The number of nitrogens with zero attached hydrogens (tertiary/aromatic N) is 4. The molecule has 3 heterocycles. The van der Waals surface area contributed by atoms with Crippen LogP contribution in [0.3, 0.4) is 0 Å². The monoisotopic (exact) mass is 476 g/mol. The number of hydrogen-bond acceptors (Lipinski definition) is 7. The Hall–Kier alpha value is -5.31. The Balaban J connectivity index is 1.42. The topological polar surface area (TPSA) is 117 Å². The molecule has 3 aromatic carbocycles. The summed E-state index contributed by atoms with van der Waals surface area (Å²) < 4.78 is 13.0. The van der Waals surface area contributed by atoms with Crippen molar-refractivity contribution in [3.8, 4) is 22.9 Å². The maximum atomic E-state index is 13.4. The molecule has 3 aromatic heterocycles. The molecule has 0 atom stereocenters. The van der Waals surface area contributed by atoms with Crippen molar-refractivity contribution in [1.82, 2.24) is 9.66 Å². The maximum Gasteiger partial charge on any atom is 0.282 e. The zero-order valence-electron chi connectivity index (χ0n) is 18.6. The lowest BCUT2D eigenvalue weighted by Crippen LogP contribution is -2.20. The van der Waals surface area contributed by atoms with Crippen molar-refractivity contribution in [2.24, 2.45) is 5.10 Å². The highest BCUT2D eigenvalue weighted by Crippen LogP contribution is 2.27. The van der Waals surface area contributed by atoms with E-state index in [0.29, 0.717) is 39.3 Å². The van der Waals surface area contributed by atoms with Crippen LogP contribution in [0, 0.1) is 10.1 Å². The van der Waals surface area contributed by atoms with Crippen molar-refractivity contribution in [3.05, 3.63) is 117 Å². The molecule has 0 radical (unpaired) electrons. The number of hydrogen-bond donors (Lipinski definition) is 0. The van der Waals surface area contributed by atoms with Crippen LogP contribution in [0.15, 0.2) is 110 Å². The number of aromatic nitrogens is 2. The molecule has 6 rings (SSSR count). The van der Waals surface area contributed by atoms with E-state index in [1.807, 2.05) is 36.4 Å². The van der Waals surface area contributed by atoms with E-state index < -0.39 is 4.92 Å². The van der Waals surface area contributed by atoms with Crippen molar-refractivity contribution >= 4 is 33.8 Å². The quantitative estimate of drug-likeness (QED) is 0.175. The van der Waals surface area contributed by atoms with Gasteiger partial charge < -0.3 is 8.83 Å². The first kappa shape index (κ1) is 21.2. The van der Waals surface area contributed by atoms with Crippen LogP contribution in [0.5, 0.6) is 0 Å². The molecule has 9 nitrogen and oxygen atoms in total. The Morgan fingerprint density at radius 2 is 1.67 bits per heavy atom. The minimum atomic E-state index is -0.459. The van der Waals surface area contributed by atoms with Gasteiger partial charge in [-0.15, -0.1) is 0 Å². The van der Waals surface area contributed by atoms with Gasteiger partial charge in [-0.05, 0) is 48.5 Å². The Morgan fingerprint density at radius 3 is 2.47 bits per heavy atom. The van der Waals surface area contributed by atoms with Crippen LogP contribution in [0.25, 0.3) is 44.8 Å².